The molecule has 0 aromatic carbocycles. The summed E-state index contributed by atoms with van der Waals surface area (Å²) in [7, 11) is 0. The van der Waals surface area contributed by atoms with E-state index in [1.165, 1.54) is 0 Å². The summed E-state index contributed by atoms with van der Waals surface area (Å²) >= 11 is 0. The number of nitrogens with two attached hydrogens (primary N) is 1. The number of rotatable bonds is 3. The van der Waals surface area contributed by atoms with Gasteiger partial charge in [0.15, 0.2) is 11.7 Å². The Bertz CT molecular complexity index is 401. The van der Waals surface area contributed by atoms with Gasteiger partial charge in [0.1, 0.15) is 0 Å². The molecule has 14 heavy (non-hydrogen) atoms. The van der Waals surface area contributed by atoms with Crippen molar-refractivity contribution in [1.82, 2.24) is 4.98 Å². The third kappa shape index (κ3) is 1.85. The Morgan fingerprint density at radius 3 is 2.64 bits per heavy atom. The predicted molar refractivity (Wildman–Crippen MR) is 45.3 cm³/mol. The maximum Gasteiger partial charge on any atom is 0.278 e. The van der Waals surface area contributed by atoms with E-state index < -0.39 is 17.5 Å². The Hall–Kier alpha value is -1.56. The molecule has 3 N–H and O–H groups in total. The number of hydrogen-bond donors (Lipinski definition) is 2. The molecule has 76 valence electrons. The molecule has 0 fully saturated rings. The zero-order chi connectivity index (χ0) is 10.7. The van der Waals surface area contributed by atoms with Gasteiger partial charge in [-0.1, -0.05) is 0 Å². The van der Waals surface area contributed by atoms with Crippen molar-refractivity contribution >= 4 is 6.29 Å². The van der Waals surface area contributed by atoms with Gasteiger partial charge in [-0.25, -0.2) is 8.78 Å². The van der Waals surface area contributed by atoms with Crippen LogP contribution in [0, 0.1) is 0 Å². The Morgan fingerprint density at radius 2 is 2.21 bits per heavy atom. The number of aromatic amines is 1. The minimum Gasteiger partial charge on any atom is -0.356 e. The van der Waals surface area contributed by atoms with E-state index in [0.29, 0.717) is 12.4 Å². The summed E-state index contributed by atoms with van der Waals surface area (Å²) in [5.41, 5.74) is 3.76. The van der Waals surface area contributed by atoms with Crippen LogP contribution in [0.5, 0.6) is 0 Å². The quantitative estimate of drug-likeness (QED) is 0.704. The zero-order valence-corrected chi connectivity index (χ0v) is 7.09. The lowest BCUT2D eigenvalue weighted by molar-refractivity contribution is 0.111. The van der Waals surface area contributed by atoms with Crippen molar-refractivity contribution in [3.63, 3.8) is 0 Å². The molecule has 1 aromatic heterocycles. The normalized spacial score (nSPS) is 10.6. The van der Waals surface area contributed by atoms with E-state index in [1.54, 1.807) is 0 Å². The Morgan fingerprint density at radius 1 is 1.57 bits per heavy atom. The van der Waals surface area contributed by atoms with E-state index in [2.05, 4.69) is 4.98 Å². The summed E-state index contributed by atoms with van der Waals surface area (Å²) in [6.45, 7) is -0.163. The molecule has 1 heterocycles. The van der Waals surface area contributed by atoms with E-state index in [-0.39, 0.29) is 17.8 Å². The summed E-state index contributed by atoms with van der Waals surface area (Å²) in [5, 5.41) is 0. The van der Waals surface area contributed by atoms with Crippen LogP contribution in [-0.4, -0.2) is 11.3 Å². The number of H-pyrrole nitrogens is 1. The maximum absolute atomic E-state index is 12.2. The molecule has 0 bridgehead atoms. The Labute approximate surface area is 77.7 Å². The van der Waals surface area contributed by atoms with Gasteiger partial charge in [-0.2, -0.15) is 0 Å². The van der Waals surface area contributed by atoms with Crippen LogP contribution in [0.25, 0.3) is 0 Å². The molecule has 0 aliphatic carbocycles. The number of nitrogens with one attached hydrogen (secondary N) is 1. The van der Waals surface area contributed by atoms with E-state index in [4.69, 9.17) is 5.73 Å². The first-order valence-corrected chi connectivity index (χ1v) is 3.79. The molecule has 0 aliphatic heterocycles. The number of hydrogen-bond acceptors (Lipinski definition) is 3. The van der Waals surface area contributed by atoms with Crippen LogP contribution < -0.4 is 11.2 Å². The highest BCUT2D eigenvalue weighted by Crippen LogP contribution is 2.15. The average molecular weight is 202 g/mol. The van der Waals surface area contributed by atoms with Crippen LogP contribution in [0.15, 0.2) is 10.9 Å². The molecule has 0 aliphatic rings. The molecule has 6 heteroatoms. The molecular weight excluding hydrogens is 194 g/mol. The fourth-order valence-corrected chi connectivity index (χ4v) is 1.05. The highest BCUT2D eigenvalue weighted by atomic mass is 19.3. The van der Waals surface area contributed by atoms with Crippen LogP contribution in [0.1, 0.15) is 28.2 Å². The van der Waals surface area contributed by atoms with Crippen molar-refractivity contribution in [2.24, 2.45) is 5.73 Å². The van der Waals surface area contributed by atoms with Gasteiger partial charge < -0.3 is 10.7 Å². The molecule has 0 atom stereocenters. The fraction of sp³-hybridized carbons (Fsp3) is 0.250. The number of halogens is 2. The Balaban J connectivity index is 3.39. The van der Waals surface area contributed by atoms with Gasteiger partial charge in [0.25, 0.3) is 6.43 Å². The van der Waals surface area contributed by atoms with Crippen molar-refractivity contribution < 1.29 is 13.6 Å². The molecule has 0 saturated heterocycles. The highest BCUT2D eigenvalue weighted by molar-refractivity contribution is 5.76. The number of carbonyl (C=O) groups excluding carboxylic acids is 1. The lowest BCUT2D eigenvalue weighted by Gasteiger charge is -2.05. The standard InChI is InChI=1S/C8H8F2N2O2/c9-8(10)5-1-7(14)4(3-13)6(2-11)12-5/h1,3,8H,2,11H2,(H,12,14). The topological polar surface area (TPSA) is 76.0 Å². The van der Waals surface area contributed by atoms with E-state index in [1.807, 2.05) is 0 Å². The number of alkyl halides is 2. The predicted octanol–water partition coefficient (Wildman–Crippen LogP) is 0.584. The van der Waals surface area contributed by atoms with Crippen molar-refractivity contribution in [3.8, 4) is 0 Å². The lowest BCUT2D eigenvalue weighted by atomic mass is 10.2. The van der Waals surface area contributed by atoms with E-state index in [9.17, 15) is 18.4 Å². The number of aldehydes is 1. The molecule has 0 unspecified atom stereocenters. The smallest absolute Gasteiger partial charge is 0.278 e. The molecule has 1 rings (SSSR count). The summed E-state index contributed by atoms with van der Waals surface area (Å²) in [6, 6.07) is 0.702. The average Bonchev–Trinajstić information content (AvgIpc) is 2.16. The SMILES string of the molecule is NCc1[nH]c(C(F)F)cc(=O)c1C=O. The van der Waals surface area contributed by atoms with Gasteiger partial charge in [-0.15, -0.1) is 0 Å². The molecule has 0 radical (unpaired) electrons. The molecule has 1 aromatic rings. The number of pyridine rings is 1. The van der Waals surface area contributed by atoms with Crippen LogP contribution in [-0.2, 0) is 6.54 Å². The van der Waals surface area contributed by atoms with Crippen LogP contribution in [0.3, 0.4) is 0 Å². The largest absolute Gasteiger partial charge is 0.356 e. The first-order valence-electron chi connectivity index (χ1n) is 3.79. The zero-order valence-electron chi connectivity index (χ0n) is 7.09. The second kappa shape index (κ2) is 4.10. The molecule has 4 nitrogen and oxygen atoms in total. The van der Waals surface area contributed by atoms with Gasteiger partial charge in [0.05, 0.1) is 11.3 Å². The molecule has 0 spiro atoms. The third-order valence-corrected chi connectivity index (χ3v) is 1.73. The first kappa shape index (κ1) is 10.5. The third-order valence-electron chi connectivity index (χ3n) is 1.73. The molecular formula is C8H8F2N2O2. The van der Waals surface area contributed by atoms with Gasteiger partial charge in [-0.05, 0) is 0 Å². The number of aromatic nitrogens is 1. The van der Waals surface area contributed by atoms with Crippen LogP contribution in [0.4, 0.5) is 8.78 Å². The summed E-state index contributed by atoms with van der Waals surface area (Å²) in [5.74, 6) is 0. The maximum atomic E-state index is 12.2. The summed E-state index contributed by atoms with van der Waals surface area (Å²) in [4.78, 5) is 23.8. The Kier molecular flexibility index (Phi) is 3.08. The summed E-state index contributed by atoms with van der Waals surface area (Å²) in [6.07, 6.45) is -2.48. The van der Waals surface area contributed by atoms with Crippen LogP contribution in [0.2, 0.25) is 0 Å². The monoisotopic (exact) mass is 202 g/mol. The van der Waals surface area contributed by atoms with E-state index in [0.717, 1.165) is 0 Å². The van der Waals surface area contributed by atoms with Crippen molar-refractivity contribution in [2.75, 3.05) is 0 Å². The summed E-state index contributed by atoms with van der Waals surface area (Å²) < 4.78 is 24.4. The first-order chi connectivity index (χ1) is 6.60. The molecule has 0 amide bonds. The van der Waals surface area contributed by atoms with Gasteiger partial charge in [-0.3, -0.25) is 9.59 Å². The second-order valence-corrected chi connectivity index (χ2v) is 2.60. The van der Waals surface area contributed by atoms with Gasteiger partial charge in [0, 0.05) is 18.3 Å². The second-order valence-electron chi connectivity index (χ2n) is 2.60. The van der Waals surface area contributed by atoms with Gasteiger partial charge >= 0.3 is 0 Å². The van der Waals surface area contributed by atoms with E-state index >= 15 is 0 Å². The van der Waals surface area contributed by atoms with Crippen molar-refractivity contribution in [1.29, 1.82) is 0 Å². The van der Waals surface area contributed by atoms with Crippen molar-refractivity contribution in [2.45, 2.75) is 13.0 Å². The van der Waals surface area contributed by atoms with Crippen molar-refractivity contribution in [3.05, 3.63) is 33.2 Å². The van der Waals surface area contributed by atoms with Crippen LogP contribution >= 0.6 is 0 Å². The lowest BCUT2D eigenvalue weighted by Crippen LogP contribution is -2.17. The number of carbonyl (C=O) groups is 1. The molecule has 0 saturated carbocycles. The minimum absolute atomic E-state index is 0.0304. The highest BCUT2D eigenvalue weighted by Gasteiger charge is 2.13. The fourth-order valence-electron chi connectivity index (χ4n) is 1.05. The minimum atomic E-state index is -2.78. The van der Waals surface area contributed by atoms with Gasteiger partial charge in [0.2, 0.25) is 0 Å².